The molecule has 2 heterocycles. The molecule has 1 aliphatic heterocycles. The number of rotatable bonds is 5. The maximum absolute atomic E-state index is 13.0. The molecule has 28 heavy (non-hydrogen) atoms. The largest absolute Gasteiger partial charge is 0.460 e. The highest BCUT2D eigenvalue weighted by molar-refractivity contribution is 14.0. The van der Waals surface area contributed by atoms with Gasteiger partial charge in [0.05, 0.1) is 6.61 Å². The van der Waals surface area contributed by atoms with Gasteiger partial charge in [0.1, 0.15) is 18.1 Å². The van der Waals surface area contributed by atoms with E-state index in [1.54, 1.807) is 31.2 Å². The van der Waals surface area contributed by atoms with Gasteiger partial charge < -0.3 is 24.7 Å². The van der Waals surface area contributed by atoms with E-state index in [0.717, 1.165) is 31.9 Å². The molecule has 3 rings (SSSR count). The van der Waals surface area contributed by atoms with Crippen LogP contribution in [0.15, 0.2) is 45.8 Å². The number of carbonyl (C=O) groups is 1. The average Bonchev–Trinajstić information content (AvgIpc) is 3.16. The molecule has 9 heteroatoms. The minimum atomic E-state index is -0.488. The molecular formula is C19H24FIN4O3. The van der Waals surface area contributed by atoms with Crippen molar-refractivity contribution in [2.24, 2.45) is 10.7 Å². The van der Waals surface area contributed by atoms with Gasteiger partial charge in [0, 0.05) is 31.9 Å². The third-order valence-corrected chi connectivity index (χ3v) is 4.33. The lowest BCUT2D eigenvalue weighted by atomic mass is 10.2. The van der Waals surface area contributed by atoms with Crippen molar-refractivity contribution >= 4 is 41.6 Å². The Morgan fingerprint density at radius 1 is 1.18 bits per heavy atom. The van der Waals surface area contributed by atoms with Crippen LogP contribution in [0.1, 0.15) is 23.2 Å². The summed E-state index contributed by atoms with van der Waals surface area (Å²) in [6.07, 6.45) is 0. The number of benzene rings is 1. The lowest BCUT2D eigenvalue weighted by Crippen LogP contribution is -2.51. The highest BCUT2D eigenvalue weighted by Crippen LogP contribution is 2.17. The Labute approximate surface area is 180 Å². The van der Waals surface area contributed by atoms with E-state index in [1.807, 2.05) is 4.90 Å². The van der Waals surface area contributed by atoms with Crippen LogP contribution >= 0.6 is 24.0 Å². The Kier molecular flexibility index (Phi) is 8.09. The number of anilines is 1. The number of furan rings is 1. The number of nitrogens with zero attached hydrogens (tertiary/aromatic N) is 3. The molecule has 0 spiro atoms. The average molecular weight is 502 g/mol. The van der Waals surface area contributed by atoms with Gasteiger partial charge in [-0.1, -0.05) is 0 Å². The quantitative estimate of drug-likeness (QED) is 0.293. The Bertz CT molecular complexity index is 802. The molecule has 0 radical (unpaired) electrons. The van der Waals surface area contributed by atoms with Crippen molar-refractivity contribution in [1.82, 2.24) is 4.90 Å². The van der Waals surface area contributed by atoms with Crippen molar-refractivity contribution < 1.29 is 18.3 Å². The zero-order valence-corrected chi connectivity index (χ0v) is 18.0. The van der Waals surface area contributed by atoms with Gasteiger partial charge in [-0.3, -0.25) is 0 Å². The third kappa shape index (κ3) is 5.60. The lowest BCUT2D eigenvalue weighted by Gasteiger charge is -2.36. The van der Waals surface area contributed by atoms with Crippen LogP contribution in [-0.2, 0) is 11.3 Å². The predicted octanol–water partition coefficient (Wildman–Crippen LogP) is 2.85. The van der Waals surface area contributed by atoms with Crippen LogP contribution in [0.25, 0.3) is 0 Å². The molecule has 0 amide bonds. The Hall–Kier alpha value is -2.30. The van der Waals surface area contributed by atoms with Crippen molar-refractivity contribution in [2.45, 2.75) is 13.5 Å². The molecule has 0 atom stereocenters. The summed E-state index contributed by atoms with van der Waals surface area (Å²) >= 11 is 0. The van der Waals surface area contributed by atoms with Crippen LogP contribution in [-0.4, -0.2) is 49.6 Å². The van der Waals surface area contributed by atoms with Gasteiger partial charge in [-0.15, -0.1) is 24.0 Å². The van der Waals surface area contributed by atoms with Gasteiger partial charge in [-0.2, -0.15) is 0 Å². The van der Waals surface area contributed by atoms with Crippen LogP contribution in [0.3, 0.4) is 0 Å². The second-order valence-corrected chi connectivity index (χ2v) is 6.11. The molecular weight excluding hydrogens is 478 g/mol. The fraction of sp³-hybridized carbons (Fsp3) is 0.368. The number of hydrogen-bond donors (Lipinski definition) is 1. The highest BCUT2D eigenvalue weighted by atomic mass is 127. The van der Waals surface area contributed by atoms with E-state index in [4.69, 9.17) is 14.9 Å². The number of hydrogen-bond acceptors (Lipinski definition) is 5. The summed E-state index contributed by atoms with van der Waals surface area (Å²) in [5.74, 6) is 0.415. The summed E-state index contributed by atoms with van der Waals surface area (Å²) in [5.41, 5.74) is 7.08. The van der Waals surface area contributed by atoms with Crippen molar-refractivity contribution in [2.75, 3.05) is 37.7 Å². The van der Waals surface area contributed by atoms with E-state index in [0.29, 0.717) is 18.3 Å². The second-order valence-electron chi connectivity index (χ2n) is 6.11. The molecule has 2 aromatic rings. The molecule has 2 N–H and O–H groups in total. The SMILES string of the molecule is CCOC(=O)c1ccc(CN=C(N)N2CCN(c3ccc(F)cc3)CC2)o1.I. The van der Waals surface area contributed by atoms with Crippen LogP contribution in [0.5, 0.6) is 0 Å². The number of esters is 1. The monoisotopic (exact) mass is 502 g/mol. The van der Waals surface area contributed by atoms with Crippen molar-refractivity contribution in [3.63, 3.8) is 0 Å². The molecule has 0 aliphatic carbocycles. The van der Waals surface area contributed by atoms with Gasteiger partial charge in [-0.25, -0.2) is 14.2 Å². The number of ether oxygens (including phenoxy) is 1. The Morgan fingerprint density at radius 2 is 1.86 bits per heavy atom. The summed E-state index contributed by atoms with van der Waals surface area (Å²) in [6, 6.07) is 9.74. The second kappa shape index (κ2) is 10.3. The molecule has 7 nitrogen and oxygen atoms in total. The smallest absolute Gasteiger partial charge is 0.374 e. The fourth-order valence-corrected chi connectivity index (χ4v) is 2.88. The summed E-state index contributed by atoms with van der Waals surface area (Å²) in [4.78, 5) is 20.1. The van der Waals surface area contributed by atoms with Crippen molar-refractivity contribution in [3.05, 3.63) is 53.7 Å². The number of nitrogens with two attached hydrogens (primary N) is 1. The summed E-state index contributed by atoms with van der Waals surface area (Å²) < 4.78 is 23.4. The molecule has 1 saturated heterocycles. The Balaban J connectivity index is 0.00000280. The normalized spacial score (nSPS) is 14.6. The maximum Gasteiger partial charge on any atom is 0.374 e. The number of aliphatic imine (C=N–C) groups is 1. The van der Waals surface area contributed by atoms with E-state index >= 15 is 0 Å². The fourth-order valence-electron chi connectivity index (χ4n) is 2.88. The molecule has 1 aromatic carbocycles. The van der Waals surface area contributed by atoms with Gasteiger partial charge in [0.2, 0.25) is 5.76 Å². The molecule has 1 fully saturated rings. The van der Waals surface area contributed by atoms with E-state index in [-0.39, 0.29) is 42.1 Å². The van der Waals surface area contributed by atoms with Gasteiger partial charge >= 0.3 is 5.97 Å². The predicted molar refractivity (Wildman–Crippen MR) is 116 cm³/mol. The number of carbonyl (C=O) groups excluding carboxylic acids is 1. The van der Waals surface area contributed by atoms with Crippen molar-refractivity contribution in [3.8, 4) is 0 Å². The first-order valence-electron chi connectivity index (χ1n) is 8.88. The first kappa shape index (κ1) is 22.0. The van der Waals surface area contributed by atoms with E-state index in [1.165, 1.54) is 12.1 Å². The molecule has 1 aliphatic rings. The lowest BCUT2D eigenvalue weighted by molar-refractivity contribution is 0.0488. The van der Waals surface area contributed by atoms with Gasteiger partial charge in [-0.05, 0) is 43.3 Å². The minimum absolute atomic E-state index is 0. The Morgan fingerprint density at radius 3 is 2.50 bits per heavy atom. The summed E-state index contributed by atoms with van der Waals surface area (Å²) in [5, 5.41) is 0. The van der Waals surface area contributed by atoms with E-state index in [9.17, 15) is 9.18 Å². The van der Waals surface area contributed by atoms with Gasteiger partial charge in [0.15, 0.2) is 5.96 Å². The molecule has 0 unspecified atom stereocenters. The summed E-state index contributed by atoms with van der Waals surface area (Å²) in [6.45, 7) is 5.28. The number of piperazine rings is 1. The van der Waals surface area contributed by atoms with Crippen LogP contribution in [0.2, 0.25) is 0 Å². The minimum Gasteiger partial charge on any atom is -0.460 e. The molecule has 152 valence electrons. The third-order valence-electron chi connectivity index (χ3n) is 4.33. The molecule has 1 aromatic heterocycles. The van der Waals surface area contributed by atoms with Crippen LogP contribution in [0, 0.1) is 5.82 Å². The summed E-state index contributed by atoms with van der Waals surface area (Å²) in [7, 11) is 0. The zero-order chi connectivity index (χ0) is 19.2. The van der Waals surface area contributed by atoms with E-state index < -0.39 is 5.97 Å². The van der Waals surface area contributed by atoms with Crippen molar-refractivity contribution in [1.29, 1.82) is 0 Å². The number of halogens is 2. The number of guanidine groups is 1. The van der Waals surface area contributed by atoms with Crippen LogP contribution in [0.4, 0.5) is 10.1 Å². The molecule has 0 bridgehead atoms. The standard InChI is InChI=1S/C19H23FN4O3.HI/c1-2-26-18(25)17-8-7-16(27-17)13-22-19(21)24-11-9-23(10-12-24)15-5-3-14(20)4-6-15;/h3-8H,2,9-13H2,1H3,(H2,21,22);1H. The first-order valence-corrected chi connectivity index (χ1v) is 8.88. The zero-order valence-electron chi connectivity index (χ0n) is 15.6. The van der Waals surface area contributed by atoms with Gasteiger partial charge in [0.25, 0.3) is 0 Å². The molecule has 0 saturated carbocycles. The first-order chi connectivity index (χ1) is 13.1. The van der Waals surface area contributed by atoms with E-state index in [2.05, 4.69) is 9.89 Å². The topological polar surface area (TPSA) is 84.3 Å². The maximum atomic E-state index is 13.0. The highest BCUT2D eigenvalue weighted by Gasteiger charge is 2.19. The van der Waals surface area contributed by atoms with Crippen LogP contribution < -0.4 is 10.6 Å².